The third-order valence-electron chi connectivity index (χ3n) is 2.04. The van der Waals surface area contributed by atoms with E-state index in [2.05, 4.69) is 4.74 Å². The van der Waals surface area contributed by atoms with E-state index in [1.807, 2.05) is 0 Å². The Bertz CT molecular complexity index is 361. The van der Waals surface area contributed by atoms with Gasteiger partial charge in [0.15, 0.2) is 0 Å². The van der Waals surface area contributed by atoms with Crippen LogP contribution in [0.3, 0.4) is 0 Å². The summed E-state index contributed by atoms with van der Waals surface area (Å²) >= 11 is 0. The number of rotatable bonds is 3. The average molecular weight is 214 g/mol. The largest absolute Gasteiger partial charge is 0.463 e. The topological polar surface area (TPSA) is 26.3 Å². The van der Waals surface area contributed by atoms with Crippen LogP contribution in [-0.2, 0) is 15.2 Å². The standard InChI is InChI=1S/C11H12F2O2/c1-3-15-10(14)11(2,13)8-6-4-5-7-9(8)12/h4-7H,3H2,1-2H3. The number of esters is 1. The summed E-state index contributed by atoms with van der Waals surface area (Å²) in [5, 5.41) is 0. The molecule has 1 atom stereocenters. The van der Waals surface area contributed by atoms with Crippen molar-refractivity contribution in [1.82, 2.24) is 0 Å². The molecule has 82 valence electrons. The predicted molar refractivity (Wildman–Crippen MR) is 51.5 cm³/mol. The predicted octanol–water partition coefficient (Wildman–Crippen LogP) is 2.57. The Hall–Kier alpha value is -1.45. The lowest BCUT2D eigenvalue weighted by molar-refractivity contribution is -0.157. The lowest BCUT2D eigenvalue weighted by Crippen LogP contribution is -2.30. The Morgan fingerprint density at radius 1 is 1.47 bits per heavy atom. The Balaban J connectivity index is 3.05. The molecule has 2 nitrogen and oxygen atoms in total. The Kier molecular flexibility index (Phi) is 3.39. The summed E-state index contributed by atoms with van der Waals surface area (Å²) in [5.74, 6) is -1.83. The molecule has 0 radical (unpaired) electrons. The van der Waals surface area contributed by atoms with Crippen LogP contribution >= 0.6 is 0 Å². The van der Waals surface area contributed by atoms with Gasteiger partial charge in [0.2, 0.25) is 5.67 Å². The molecule has 0 fully saturated rings. The molecule has 0 amide bonds. The van der Waals surface area contributed by atoms with E-state index >= 15 is 0 Å². The smallest absolute Gasteiger partial charge is 0.348 e. The highest BCUT2D eigenvalue weighted by Crippen LogP contribution is 2.28. The van der Waals surface area contributed by atoms with E-state index in [0.29, 0.717) is 0 Å². The molecule has 4 heteroatoms. The van der Waals surface area contributed by atoms with Gasteiger partial charge in [0.25, 0.3) is 0 Å². The van der Waals surface area contributed by atoms with Crippen LogP contribution in [0.4, 0.5) is 8.78 Å². The van der Waals surface area contributed by atoms with Gasteiger partial charge in [0, 0.05) is 5.56 Å². The first kappa shape index (κ1) is 11.6. The maximum Gasteiger partial charge on any atom is 0.348 e. The van der Waals surface area contributed by atoms with Crippen LogP contribution in [0.2, 0.25) is 0 Å². The van der Waals surface area contributed by atoms with Crippen molar-refractivity contribution in [2.75, 3.05) is 6.61 Å². The summed E-state index contributed by atoms with van der Waals surface area (Å²) in [7, 11) is 0. The van der Waals surface area contributed by atoms with Gasteiger partial charge in [-0.2, -0.15) is 0 Å². The van der Waals surface area contributed by atoms with Crippen LogP contribution in [-0.4, -0.2) is 12.6 Å². The molecule has 0 saturated heterocycles. The molecule has 1 aromatic rings. The molecular weight excluding hydrogens is 202 g/mol. The highest BCUT2D eigenvalue weighted by atomic mass is 19.1. The van der Waals surface area contributed by atoms with Crippen LogP contribution in [0.5, 0.6) is 0 Å². The Morgan fingerprint density at radius 2 is 2.07 bits per heavy atom. The fourth-order valence-electron chi connectivity index (χ4n) is 1.22. The molecule has 0 N–H and O–H groups in total. The number of alkyl halides is 1. The van der Waals surface area contributed by atoms with Crippen molar-refractivity contribution in [3.05, 3.63) is 35.6 Å². The number of carbonyl (C=O) groups excluding carboxylic acids is 1. The van der Waals surface area contributed by atoms with Crippen LogP contribution in [0.15, 0.2) is 24.3 Å². The molecule has 0 aliphatic rings. The van der Waals surface area contributed by atoms with Crippen molar-refractivity contribution >= 4 is 5.97 Å². The van der Waals surface area contributed by atoms with E-state index in [1.165, 1.54) is 18.2 Å². The van der Waals surface area contributed by atoms with E-state index < -0.39 is 17.5 Å². The monoisotopic (exact) mass is 214 g/mol. The fraction of sp³-hybridized carbons (Fsp3) is 0.364. The minimum absolute atomic E-state index is 0.0623. The van der Waals surface area contributed by atoms with E-state index in [1.54, 1.807) is 6.92 Å². The Morgan fingerprint density at radius 3 is 2.60 bits per heavy atom. The first-order valence-electron chi connectivity index (χ1n) is 4.61. The molecule has 0 spiro atoms. The number of halogens is 2. The zero-order valence-corrected chi connectivity index (χ0v) is 8.59. The molecule has 1 rings (SSSR count). The molecule has 0 aromatic heterocycles. The quantitative estimate of drug-likeness (QED) is 0.723. The highest BCUT2D eigenvalue weighted by molar-refractivity contribution is 5.80. The van der Waals surface area contributed by atoms with Gasteiger partial charge >= 0.3 is 5.97 Å². The Labute approximate surface area is 86.9 Å². The maximum atomic E-state index is 13.9. The van der Waals surface area contributed by atoms with Crippen molar-refractivity contribution in [2.24, 2.45) is 0 Å². The molecule has 0 saturated carbocycles. The summed E-state index contributed by atoms with van der Waals surface area (Å²) < 4.78 is 31.7. The zero-order chi connectivity index (χ0) is 11.5. The summed E-state index contributed by atoms with van der Waals surface area (Å²) in [5.41, 5.74) is -2.75. The molecule has 0 aliphatic heterocycles. The molecule has 1 unspecified atom stereocenters. The molecule has 15 heavy (non-hydrogen) atoms. The average Bonchev–Trinajstić information content (AvgIpc) is 2.18. The number of benzene rings is 1. The van der Waals surface area contributed by atoms with E-state index in [-0.39, 0.29) is 12.2 Å². The van der Waals surface area contributed by atoms with E-state index in [9.17, 15) is 13.6 Å². The van der Waals surface area contributed by atoms with Gasteiger partial charge in [-0.3, -0.25) is 0 Å². The van der Waals surface area contributed by atoms with Gasteiger partial charge in [-0.25, -0.2) is 13.6 Å². The summed E-state index contributed by atoms with van der Waals surface area (Å²) in [4.78, 5) is 11.3. The third kappa shape index (κ3) is 2.32. The second-order valence-electron chi connectivity index (χ2n) is 3.20. The van der Waals surface area contributed by atoms with E-state index in [4.69, 9.17) is 0 Å². The van der Waals surface area contributed by atoms with Gasteiger partial charge in [-0.15, -0.1) is 0 Å². The number of hydrogen-bond acceptors (Lipinski definition) is 2. The molecule has 1 aromatic carbocycles. The molecule has 0 aliphatic carbocycles. The van der Waals surface area contributed by atoms with Crippen molar-refractivity contribution in [2.45, 2.75) is 19.5 Å². The molecule has 0 heterocycles. The van der Waals surface area contributed by atoms with Gasteiger partial charge < -0.3 is 4.74 Å². The summed E-state index contributed by atoms with van der Waals surface area (Å²) in [6.07, 6.45) is 0. The van der Waals surface area contributed by atoms with Crippen molar-refractivity contribution in [3.63, 3.8) is 0 Å². The minimum atomic E-state index is -2.44. The number of hydrogen-bond donors (Lipinski definition) is 0. The third-order valence-corrected chi connectivity index (χ3v) is 2.04. The minimum Gasteiger partial charge on any atom is -0.463 e. The lowest BCUT2D eigenvalue weighted by atomic mass is 9.97. The number of ether oxygens (including phenoxy) is 1. The molecular formula is C11H12F2O2. The SMILES string of the molecule is CCOC(=O)C(C)(F)c1ccccc1F. The first-order valence-corrected chi connectivity index (χ1v) is 4.61. The lowest BCUT2D eigenvalue weighted by Gasteiger charge is -2.18. The van der Waals surface area contributed by atoms with Crippen LogP contribution in [0, 0.1) is 5.82 Å². The van der Waals surface area contributed by atoms with Crippen LogP contribution in [0.25, 0.3) is 0 Å². The van der Waals surface area contributed by atoms with Gasteiger partial charge in [0.1, 0.15) is 5.82 Å². The second kappa shape index (κ2) is 4.38. The van der Waals surface area contributed by atoms with Crippen molar-refractivity contribution in [1.29, 1.82) is 0 Å². The highest BCUT2D eigenvalue weighted by Gasteiger charge is 2.38. The summed E-state index contributed by atoms with van der Waals surface area (Å²) in [6.45, 7) is 2.62. The van der Waals surface area contributed by atoms with Gasteiger partial charge in [-0.05, 0) is 19.9 Å². The fourth-order valence-corrected chi connectivity index (χ4v) is 1.22. The zero-order valence-electron chi connectivity index (χ0n) is 8.59. The van der Waals surface area contributed by atoms with Crippen LogP contribution in [0.1, 0.15) is 19.4 Å². The van der Waals surface area contributed by atoms with Gasteiger partial charge in [0.05, 0.1) is 6.61 Å². The van der Waals surface area contributed by atoms with Crippen molar-refractivity contribution < 1.29 is 18.3 Å². The van der Waals surface area contributed by atoms with E-state index in [0.717, 1.165) is 13.0 Å². The van der Waals surface area contributed by atoms with Crippen molar-refractivity contribution in [3.8, 4) is 0 Å². The van der Waals surface area contributed by atoms with Gasteiger partial charge in [-0.1, -0.05) is 18.2 Å². The summed E-state index contributed by atoms with van der Waals surface area (Å²) in [6, 6.07) is 5.23. The van der Waals surface area contributed by atoms with Crippen LogP contribution < -0.4 is 0 Å². The second-order valence-corrected chi connectivity index (χ2v) is 3.20. The maximum absolute atomic E-state index is 13.9. The molecule has 0 bridgehead atoms. The number of carbonyl (C=O) groups is 1. The normalized spacial score (nSPS) is 14.4. The first-order chi connectivity index (χ1) is 7.00.